The zero-order valence-electron chi connectivity index (χ0n) is 17.6. The summed E-state index contributed by atoms with van der Waals surface area (Å²) >= 11 is 9.69. The molecule has 0 saturated carbocycles. The van der Waals surface area contributed by atoms with Crippen LogP contribution in [0, 0.1) is 5.82 Å². The average Bonchev–Trinajstić information content (AvgIpc) is 3.15. The second-order valence-corrected chi connectivity index (χ2v) is 8.59. The van der Waals surface area contributed by atoms with Crippen LogP contribution in [-0.2, 0) is 17.9 Å². The lowest BCUT2D eigenvalue weighted by atomic mass is 10.2. The molecule has 0 aliphatic carbocycles. The number of amides is 1. The SMILES string of the molecule is CCOc1cc(CNCCCN2CCCC2=O)c(Br)cc1OCc1c(F)cccc1Cl. The van der Waals surface area contributed by atoms with Gasteiger partial charge in [0.25, 0.3) is 0 Å². The topological polar surface area (TPSA) is 50.8 Å². The number of ether oxygens (including phenoxy) is 2. The first-order valence-electron chi connectivity index (χ1n) is 10.5. The Morgan fingerprint density at radius 2 is 2.06 bits per heavy atom. The highest BCUT2D eigenvalue weighted by Crippen LogP contribution is 2.35. The number of hydrogen-bond acceptors (Lipinski definition) is 4. The van der Waals surface area contributed by atoms with Crippen LogP contribution >= 0.6 is 27.5 Å². The number of hydrogen-bond donors (Lipinski definition) is 1. The first-order valence-corrected chi connectivity index (χ1v) is 11.7. The van der Waals surface area contributed by atoms with Crippen LogP contribution in [0.3, 0.4) is 0 Å². The minimum absolute atomic E-state index is 0.00480. The predicted octanol–water partition coefficient (Wildman–Crippen LogP) is 5.32. The van der Waals surface area contributed by atoms with Crippen molar-refractivity contribution in [1.82, 2.24) is 10.2 Å². The van der Waals surface area contributed by atoms with Crippen molar-refractivity contribution in [2.24, 2.45) is 0 Å². The number of carbonyl (C=O) groups excluding carboxylic acids is 1. The van der Waals surface area contributed by atoms with Crippen molar-refractivity contribution in [2.45, 2.75) is 39.3 Å². The van der Waals surface area contributed by atoms with Crippen LogP contribution < -0.4 is 14.8 Å². The molecule has 1 saturated heterocycles. The molecule has 2 aromatic rings. The Labute approximate surface area is 196 Å². The third-order valence-electron chi connectivity index (χ3n) is 5.11. The van der Waals surface area contributed by atoms with Gasteiger partial charge in [-0.2, -0.15) is 0 Å². The van der Waals surface area contributed by atoms with Gasteiger partial charge < -0.3 is 19.7 Å². The van der Waals surface area contributed by atoms with Crippen LogP contribution in [0.15, 0.2) is 34.8 Å². The highest BCUT2D eigenvalue weighted by atomic mass is 79.9. The fraction of sp³-hybridized carbons (Fsp3) is 0.435. The summed E-state index contributed by atoms with van der Waals surface area (Å²) in [6.07, 6.45) is 2.56. The predicted molar refractivity (Wildman–Crippen MR) is 123 cm³/mol. The average molecular weight is 514 g/mol. The molecule has 1 aliphatic rings. The molecule has 1 aliphatic heterocycles. The molecule has 1 fully saturated rings. The molecule has 1 amide bonds. The van der Waals surface area contributed by atoms with E-state index in [0.29, 0.717) is 41.7 Å². The number of carbonyl (C=O) groups is 1. The maximum atomic E-state index is 14.0. The van der Waals surface area contributed by atoms with E-state index in [1.807, 2.05) is 24.0 Å². The fourth-order valence-electron chi connectivity index (χ4n) is 3.47. The van der Waals surface area contributed by atoms with Gasteiger partial charge in [0.05, 0.1) is 11.6 Å². The van der Waals surface area contributed by atoms with Crippen LogP contribution in [0.4, 0.5) is 4.39 Å². The first kappa shape index (κ1) is 23.8. The Balaban J connectivity index is 1.58. The molecule has 8 heteroatoms. The molecule has 0 radical (unpaired) electrons. The summed E-state index contributed by atoms with van der Waals surface area (Å²) in [5.41, 5.74) is 1.34. The molecule has 0 unspecified atom stereocenters. The van der Waals surface area contributed by atoms with E-state index in [1.54, 1.807) is 12.1 Å². The molecule has 0 bridgehead atoms. The largest absolute Gasteiger partial charge is 0.490 e. The van der Waals surface area contributed by atoms with Crippen molar-refractivity contribution in [3.63, 3.8) is 0 Å². The summed E-state index contributed by atoms with van der Waals surface area (Å²) in [5.74, 6) is 0.972. The smallest absolute Gasteiger partial charge is 0.222 e. The van der Waals surface area contributed by atoms with Gasteiger partial charge in [-0.15, -0.1) is 0 Å². The zero-order valence-corrected chi connectivity index (χ0v) is 19.9. The third kappa shape index (κ3) is 6.57. The third-order valence-corrected chi connectivity index (χ3v) is 6.21. The van der Waals surface area contributed by atoms with E-state index in [4.69, 9.17) is 21.1 Å². The monoisotopic (exact) mass is 512 g/mol. The Hall–Kier alpha value is -1.83. The normalized spacial score (nSPS) is 13.7. The highest BCUT2D eigenvalue weighted by molar-refractivity contribution is 9.10. The molecular weight excluding hydrogens is 487 g/mol. The van der Waals surface area contributed by atoms with E-state index < -0.39 is 5.82 Å². The number of rotatable bonds is 11. The minimum Gasteiger partial charge on any atom is -0.490 e. The van der Waals surface area contributed by atoms with Gasteiger partial charge >= 0.3 is 0 Å². The summed E-state index contributed by atoms with van der Waals surface area (Å²) < 4.78 is 26.5. The number of benzene rings is 2. The zero-order chi connectivity index (χ0) is 22.2. The molecule has 0 aromatic heterocycles. The minimum atomic E-state index is -0.402. The maximum absolute atomic E-state index is 14.0. The standard InChI is InChI=1S/C23H27BrClFN2O3/c1-2-30-21-12-16(14-27-9-5-11-28-10-4-8-23(28)29)18(24)13-22(21)31-15-17-19(25)6-3-7-20(17)26/h3,6-7,12-13,27H,2,4-5,8-11,14-15H2,1H3. The van der Waals surface area contributed by atoms with Gasteiger partial charge in [-0.3, -0.25) is 4.79 Å². The van der Waals surface area contributed by atoms with Crippen LogP contribution in [0.2, 0.25) is 5.02 Å². The van der Waals surface area contributed by atoms with Crippen LogP contribution in [0.25, 0.3) is 0 Å². The van der Waals surface area contributed by atoms with Gasteiger partial charge in [0.2, 0.25) is 5.91 Å². The van der Waals surface area contributed by atoms with Crippen molar-refractivity contribution in [3.8, 4) is 11.5 Å². The molecule has 0 atom stereocenters. The van der Waals surface area contributed by atoms with Gasteiger partial charge in [0, 0.05) is 36.1 Å². The number of likely N-dealkylation sites (tertiary alicyclic amines) is 1. The summed E-state index contributed by atoms with van der Waals surface area (Å²) in [5, 5.41) is 3.74. The van der Waals surface area contributed by atoms with Gasteiger partial charge in [-0.25, -0.2) is 4.39 Å². The van der Waals surface area contributed by atoms with Gasteiger partial charge in [0.1, 0.15) is 12.4 Å². The molecule has 0 spiro atoms. The van der Waals surface area contributed by atoms with E-state index in [0.717, 1.165) is 42.5 Å². The quantitative estimate of drug-likeness (QED) is 0.413. The van der Waals surface area contributed by atoms with E-state index in [-0.39, 0.29) is 12.5 Å². The van der Waals surface area contributed by atoms with Crippen LogP contribution in [-0.4, -0.2) is 37.0 Å². The van der Waals surface area contributed by atoms with Crippen molar-refractivity contribution in [3.05, 3.63) is 56.8 Å². The van der Waals surface area contributed by atoms with E-state index >= 15 is 0 Å². The Bertz CT molecular complexity index is 892. The second kappa shape index (κ2) is 11.7. The number of halogens is 3. The molecule has 1 heterocycles. The molecule has 2 aromatic carbocycles. The molecule has 3 rings (SSSR count). The summed E-state index contributed by atoms with van der Waals surface area (Å²) in [6, 6.07) is 8.31. The van der Waals surface area contributed by atoms with Crippen LogP contribution in [0.1, 0.15) is 37.3 Å². The maximum Gasteiger partial charge on any atom is 0.222 e. The van der Waals surface area contributed by atoms with E-state index in [9.17, 15) is 9.18 Å². The van der Waals surface area contributed by atoms with Crippen molar-refractivity contribution in [1.29, 1.82) is 0 Å². The lowest BCUT2D eigenvalue weighted by Gasteiger charge is -2.17. The Morgan fingerprint density at radius 1 is 1.26 bits per heavy atom. The van der Waals surface area contributed by atoms with E-state index in [2.05, 4.69) is 21.2 Å². The number of nitrogens with one attached hydrogen (secondary N) is 1. The number of nitrogens with zero attached hydrogens (tertiary/aromatic N) is 1. The summed E-state index contributed by atoms with van der Waals surface area (Å²) in [6.45, 7) is 5.51. The fourth-order valence-corrected chi connectivity index (χ4v) is 4.15. The second-order valence-electron chi connectivity index (χ2n) is 7.33. The first-order chi connectivity index (χ1) is 15.0. The van der Waals surface area contributed by atoms with Gasteiger partial charge in [-0.1, -0.05) is 33.6 Å². The molecule has 5 nitrogen and oxygen atoms in total. The molecular formula is C23H27BrClFN2O3. The van der Waals surface area contributed by atoms with Crippen molar-refractivity contribution >= 4 is 33.4 Å². The van der Waals surface area contributed by atoms with Crippen LogP contribution in [0.5, 0.6) is 11.5 Å². The molecule has 31 heavy (non-hydrogen) atoms. The van der Waals surface area contributed by atoms with Crippen molar-refractivity contribution in [2.75, 3.05) is 26.2 Å². The summed E-state index contributed by atoms with van der Waals surface area (Å²) in [7, 11) is 0. The highest BCUT2D eigenvalue weighted by Gasteiger charge is 2.19. The lowest BCUT2D eigenvalue weighted by Crippen LogP contribution is -2.28. The Morgan fingerprint density at radius 3 is 2.77 bits per heavy atom. The van der Waals surface area contributed by atoms with Crippen molar-refractivity contribution < 1.29 is 18.7 Å². The van der Waals surface area contributed by atoms with Gasteiger partial charge in [-0.05, 0) is 56.1 Å². The molecule has 1 N–H and O–H groups in total. The van der Waals surface area contributed by atoms with E-state index in [1.165, 1.54) is 6.07 Å². The molecule has 168 valence electrons. The Kier molecular flexibility index (Phi) is 8.99. The lowest BCUT2D eigenvalue weighted by molar-refractivity contribution is -0.127. The van der Waals surface area contributed by atoms with Gasteiger partial charge in [0.15, 0.2) is 11.5 Å². The summed E-state index contributed by atoms with van der Waals surface area (Å²) in [4.78, 5) is 13.6.